The summed E-state index contributed by atoms with van der Waals surface area (Å²) in [6.45, 7) is 2.42. The molecule has 6 heteroatoms. The van der Waals surface area contributed by atoms with Crippen molar-refractivity contribution >= 4 is 5.91 Å². The van der Waals surface area contributed by atoms with Gasteiger partial charge in [0.1, 0.15) is 11.6 Å². The minimum Gasteiger partial charge on any atom is -0.356 e. The van der Waals surface area contributed by atoms with Gasteiger partial charge < -0.3 is 15.6 Å². The summed E-state index contributed by atoms with van der Waals surface area (Å²) in [4.78, 5) is 11.8. The van der Waals surface area contributed by atoms with Crippen LogP contribution in [0.4, 0.5) is 0 Å². The molecule has 0 aromatic carbocycles. The number of aromatic nitrogens is 3. The highest BCUT2D eigenvalue weighted by Crippen LogP contribution is 2.14. The smallest absolute Gasteiger partial charge is 0.220 e. The minimum atomic E-state index is 0.142. The maximum Gasteiger partial charge on any atom is 0.220 e. The van der Waals surface area contributed by atoms with Crippen molar-refractivity contribution in [1.82, 2.24) is 20.1 Å². The molecule has 0 saturated carbocycles. The minimum absolute atomic E-state index is 0.142. The van der Waals surface area contributed by atoms with Crippen molar-refractivity contribution in [2.45, 2.75) is 70.8 Å². The summed E-state index contributed by atoms with van der Waals surface area (Å²) in [5, 5.41) is 11.6. The van der Waals surface area contributed by atoms with E-state index in [-0.39, 0.29) is 5.91 Å². The van der Waals surface area contributed by atoms with Crippen molar-refractivity contribution in [3.05, 3.63) is 11.6 Å². The normalized spacial score (nSPS) is 14.4. The first-order valence-corrected chi connectivity index (χ1v) is 8.69. The van der Waals surface area contributed by atoms with Crippen LogP contribution in [-0.4, -0.2) is 33.8 Å². The van der Waals surface area contributed by atoms with Crippen LogP contribution in [0, 0.1) is 0 Å². The number of rotatable bonds is 9. The molecule has 1 aromatic rings. The van der Waals surface area contributed by atoms with Gasteiger partial charge in [-0.3, -0.25) is 4.79 Å². The monoisotopic (exact) mass is 307 g/mol. The molecule has 0 unspecified atom stereocenters. The SMILES string of the molecule is NCCCCCCC(=O)NCCc1nnc2n1CCCCC2. The van der Waals surface area contributed by atoms with E-state index in [1.165, 1.54) is 19.3 Å². The molecule has 0 saturated heterocycles. The van der Waals surface area contributed by atoms with Gasteiger partial charge in [0, 0.05) is 32.4 Å². The average Bonchev–Trinajstić information content (AvgIpc) is 2.75. The van der Waals surface area contributed by atoms with Crippen LogP contribution in [0.2, 0.25) is 0 Å². The summed E-state index contributed by atoms with van der Waals surface area (Å²) >= 11 is 0. The third-order valence-corrected chi connectivity index (χ3v) is 4.21. The fourth-order valence-electron chi connectivity index (χ4n) is 2.92. The summed E-state index contributed by atoms with van der Waals surface area (Å²) in [5.74, 6) is 2.27. The van der Waals surface area contributed by atoms with Crippen molar-refractivity contribution in [3.8, 4) is 0 Å². The Morgan fingerprint density at radius 2 is 2.00 bits per heavy atom. The number of nitrogens with one attached hydrogen (secondary N) is 1. The Kier molecular flexibility index (Phi) is 7.36. The molecule has 3 N–H and O–H groups in total. The zero-order chi connectivity index (χ0) is 15.6. The van der Waals surface area contributed by atoms with Crippen molar-refractivity contribution in [2.75, 3.05) is 13.1 Å². The summed E-state index contributed by atoms with van der Waals surface area (Å²) in [7, 11) is 0. The zero-order valence-electron chi connectivity index (χ0n) is 13.5. The predicted molar refractivity (Wildman–Crippen MR) is 86.4 cm³/mol. The summed E-state index contributed by atoms with van der Waals surface area (Å²) in [6, 6.07) is 0. The number of aryl methyl sites for hydroxylation is 1. The molecule has 2 heterocycles. The number of nitrogens with two attached hydrogens (primary N) is 1. The number of fused-ring (bicyclic) bond motifs is 1. The van der Waals surface area contributed by atoms with E-state index in [1.807, 2.05) is 0 Å². The number of unbranched alkanes of at least 4 members (excludes halogenated alkanes) is 3. The highest BCUT2D eigenvalue weighted by Gasteiger charge is 2.14. The Hall–Kier alpha value is -1.43. The predicted octanol–water partition coefficient (Wildman–Crippen LogP) is 1.57. The maximum atomic E-state index is 11.8. The Labute approximate surface area is 132 Å². The highest BCUT2D eigenvalue weighted by molar-refractivity contribution is 5.75. The Bertz CT molecular complexity index is 457. The van der Waals surface area contributed by atoms with Gasteiger partial charge in [-0.15, -0.1) is 10.2 Å². The second kappa shape index (κ2) is 9.56. The second-order valence-corrected chi connectivity index (χ2v) is 6.05. The summed E-state index contributed by atoms with van der Waals surface area (Å²) < 4.78 is 2.24. The van der Waals surface area contributed by atoms with Gasteiger partial charge in [-0.05, 0) is 32.2 Å². The maximum absolute atomic E-state index is 11.8. The first-order chi connectivity index (χ1) is 10.8. The Morgan fingerprint density at radius 3 is 2.86 bits per heavy atom. The van der Waals surface area contributed by atoms with Gasteiger partial charge in [0.2, 0.25) is 5.91 Å². The molecular weight excluding hydrogens is 278 g/mol. The molecule has 0 spiro atoms. The summed E-state index contributed by atoms with van der Waals surface area (Å²) in [6.07, 6.45) is 10.3. The summed E-state index contributed by atoms with van der Waals surface area (Å²) in [5.41, 5.74) is 5.45. The number of carbonyl (C=O) groups excluding carboxylic acids is 1. The van der Waals surface area contributed by atoms with E-state index >= 15 is 0 Å². The molecule has 2 rings (SSSR count). The lowest BCUT2D eigenvalue weighted by Crippen LogP contribution is -2.26. The Morgan fingerprint density at radius 1 is 1.14 bits per heavy atom. The van der Waals surface area contributed by atoms with Crippen molar-refractivity contribution < 1.29 is 4.79 Å². The number of nitrogens with zero attached hydrogens (tertiary/aromatic N) is 3. The average molecular weight is 307 g/mol. The van der Waals surface area contributed by atoms with E-state index in [0.29, 0.717) is 13.0 Å². The standard InChI is InChI=1S/C16H29N5O/c17-11-6-2-1-5-9-16(22)18-12-10-15-20-19-14-8-4-3-7-13-21(14)15/h1-13,17H2,(H,18,22). The van der Waals surface area contributed by atoms with Crippen LogP contribution in [0.3, 0.4) is 0 Å². The molecule has 0 fully saturated rings. The van der Waals surface area contributed by atoms with Crippen molar-refractivity contribution in [1.29, 1.82) is 0 Å². The van der Waals surface area contributed by atoms with E-state index in [9.17, 15) is 4.79 Å². The van der Waals surface area contributed by atoms with E-state index in [0.717, 1.165) is 63.3 Å². The number of hydrogen-bond donors (Lipinski definition) is 2. The molecule has 0 atom stereocenters. The fraction of sp³-hybridized carbons (Fsp3) is 0.812. The van der Waals surface area contributed by atoms with Crippen LogP contribution < -0.4 is 11.1 Å². The van der Waals surface area contributed by atoms with Crippen LogP contribution in [0.25, 0.3) is 0 Å². The van der Waals surface area contributed by atoms with Gasteiger partial charge in [0.25, 0.3) is 0 Å². The van der Waals surface area contributed by atoms with Crippen LogP contribution in [0.1, 0.15) is 63.0 Å². The van der Waals surface area contributed by atoms with E-state index < -0.39 is 0 Å². The molecule has 1 aromatic heterocycles. The lowest BCUT2D eigenvalue weighted by molar-refractivity contribution is -0.121. The van der Waals surface area contributed by atoms with E-state index in [1.54, 1.807) is 0 Å². The van der Waals surface area contributed by atoms with Crippen LogP contribution in [0.5, 0.6) is 0 Å². The first-order valence-electron chi connectivity index (χ1n) is 8.69. The molecule has 22 heavy (non-hydrogen) atoms. The lowest BCUT2D eigenvalue weighted by Gasteiger charge is -2.08. The van der Waals surface area contributed by atoms with Crippen LogP contribution in [0.15, 0.2) is 0 Å². The number of amides is 1. The van der Waals surface area contributed by atoms with Gasteiger partial charge in [0.15, 0.2) is 0 Å². The molecule has 1 amide bonds. The largest absolute Gasteiger partial charge is 0.356 e. The van der Waals surface area contributed by atoms with E-state index in [4.69, 9.17) is 5.73 Å². The van der Waals surface area contributed by atoms with Crippen LogP contribution >= 0.6 is 0 Å². The van der Waals surface area contributed by atoms with Crippen LogP contribution in [-0.2, 0) is 24.2 Å². The molecule has 0 aliphatic carbocycles. The highest BCUT2D eigenvalue weighted by atomic mass is 16.1. The lowest BCUT2D eigenvalue weighted by atomic mass is 10.1. The quantitative estimate of drug-likeness (QED) is 0.678. The Balaban J connectivity index is 1.64. The van der Waals surface area contributed by atoms with Gasteiger partial charge in [0.05, 0.1) is 0 Å². The molecule has 124 valence electrons. The molecule has 1 aliphatic rings. The fourth-order valence-corrected chi connectivity index (χ4v) is 2.92. The molecule has 6 nitrogen and oxygen atoms in total. The zero-order valence-corrected chi connectivity index (χ0v) is 13.5. The number of carbonyl (C=O) groups is 1. The molecule has 1 aliphatic heterocycles. The third-order valence-electron chi connectivity index (χ3n) is 4.21. The molecule has 0 bridgehead atoms. The van der Waals surface area contributed by atoms with Gasteiger partial charge in [-0.1, -0.05) is 19.3 Å². The van der Waals surface area contributed by atoms with Gasteiger partial charge in [-0.25, -0.2) is 0 Å². The van der Waals surface area contributed by atoms with E-state index in [2.05, 4.69) is 20.1 Å². The first kappa shape index (κ1) is 16.9. The number of hydrogen-bond acceptors (Lipinski definition) is 4. The van der Waals surface area contributed by atoms with Gasteiger partial charge in [-0.2, -0.15) is 0 Å². The van der Waals surface area contributed by atoms with Crippen molar-refractivity contribution in [2.24, 2.45) is 5.73 Å². The van der Waals surface area contributed by atoms with Gasteiger partial charge >= 0.3 is 0 Å². The van der Waals surface area contributed by atoms with Crippen molar-refractivity contribution in [3.63, 3.8) is 0 Å². The molecular formula is C16H29N5O. The second-order valence-electron chi connectivity index (χ2n) is 6.05. The third kappa shape index (κ3) is 5.40. The topological polar surface area (TPSA) is 85.8 Å². The molecule has 0 radical (unpaired) electrons.